The summed E-state index contributed by atoms with van der Waals surface area (Å²) in [6, 6.07) is 19.6. The van der Waals surface area contributed by atoms with Crippen molar-refractivity contribution >= 4 is 28.7 Å². The first-order valence-electron chi connectivity index (χ1n) is 10.5. The van der Waals surface area contributed by atoms with Crippen LogP contribution in [0.2, 0.25) is 0 Å². The number of rotatable bonds is 3. The topological polar surface area (TPSA) is 55.4 Å². The summed E-state index contributed by atoms with van der Waals surface area (Å²) in [7, 11) is 0. The van der Waals surface area contributed by atoms with Crippen molar-refractivity contribution in [2.75, 3.05) is 0 Å². The average Bonchev–Trinajstić information content (AvgIpc) is 2.71. The fraction of sp³-hybridized carbons (Fsp3) is 0.259. The average molecular weight is 414 g/mol. The van der Waals surface area contributed by atoms with Gasteiger partial charge in [-0.05, 0) is 55.2 Å². The van der Waals surface area contributed by atoms with E-state index in [2.05, 4.69) is 17.5 Å². The van der Waals surface area contributed by atoms with E-state index >= 15 is 0 Å². The molecule has 4 heteroatoms. The van der Waals surface area contributed by atoms with Gasteiger partial charge in [0.25, 0.3) is 0 Å². The van der Waals surface area contributed by atoms with Crippen LogP contribution in [0.5, 0.6) is 0 Å². The highest BCUT2D eigenvalue weighted by Gasteiger charge is 2.32. The van der Waals surface area contributed by atoms with Crippen LogP contribution in [0.4, 0.5) is 4.79 Å². The predicted molar refractivity (Wildman–Crippen MR) is 124 cm³/mol. The molecule has 0 aliphatic heterocycles. The first kappa shape index (κ1) is 20.9. The van der Waals surface area contributed by atoms with Gasteiger partial charge in [-0.25, -0.2) is 4.79 Å². The molecule has 2 atom stereocenters. The fourth-order valence-corrected chi connectivity index (χ4v) is 4.30. The van der Waals surface area contributed by atoms with E-state index in [4.69, 9.17) is 4.74 Å². The number of hydrogen-bond acceptors (Lipinski definition) is 3. The third kappa shape index (κ3) is 4.24. The van der Waals surface area contributed by atoms with E-state index in [0.29, 0.717) is 5.56 Å². The molecule has 158 valence electrons. The molecule has 1 unspecified atom stereocenters. The minimum absolute atomic E-state index is 0.00933. The van der Waals surface area contributed by atoms with Gasteiger partial charge < -0.3 is 10.1 Å². The van der Waals surface area contributed by atoms with Gasteiger partial charge in [-0.15, -0.1) is 0 Å². The third-order valence-corrected chi connectivity index (χ3v) is 5.52. The SMILES string of the molecule is CC(=O)c1c(C2C=Cc3ccccc3[C@H]2NC(=O)OC(C)(C)C)ccc2ccccc12. The Hall–Kier alpha value is -3.40. The van der Waals surface area contributed by atoms with Gasteiger partial charge in [0.2, 0.25) is 0 Å². The van der Waals surface area contributed by atoms with E-state index in [1.165, 1.54) is 0 Å². The zero-order valence-corrected chi connectivity index (χ0v) is 18.3. The molecule has 1 aliphatic carbocycles. The summed E-state index contributed by atoms with van der Waals surface area (Å²) < 4.78 is 5.55. The molecule has 0 saturated heterocycles. The van der Waals surface area contributed by atoms with Crippen molar-refractivity contribution in [1.29, 1.82) is 0 Å². The van der Waals surface area contributed by atoms with Gasteiger partial charge in [0.1, 0.15) is 5.60 Å². The Morgan fingerprint density at radius 2 is 1.61 bits per heavy atom. The lowest BCUT2D eigenvalue weighted by Gasteiger charge is -2.33. The lowest BCUT2D eigenvalue weighted by atomic mass is 9.78. The second-order valence-electron chi connectivity index (χ2n) is 8.94. The van der Waals surface area contributed by atoms with Crippen molar-refractivity contribution in [2.45, 2.75) is 45.3 Å². The maximum absolute atomic E-state index is 12.7. The molecule has 0 bridgehead atoms. The molecule has 1 aliphatic rings. The number of carbonyl (C=O) groups excluding carboxylic acids is 2. The van der Waals surface area contributed by atoms with Crippen LogP contribution in [0.3, 0.4) is 0 Å². The largest absolute Gasteiger partial charge is 0.444 e. The number of nitrogens with one attached hydrogen (secondary N) is 1. The van der Waals surface area contributed by atoms with Gasteiger partial charge in [0.05, 0.1) is 6.04 Å². The van der Waals surface area contributed by atoms with E-state index in [1.807, 2.05) is 81.4 Å². The molecule has 0 fully saturated rings. The summed E-state index contributed by atoms with van der Waals surface area (Å²) in [5.74, 6) is -0.194. The van der Waals surface area contributed by atoms with E-state index < -0.39 is 11.7 Å². The molecule has 1 N–H and O–H groups in total. The van der Waals surface area contributed by atoms with E-state index in [-0.39, 0.29) is 17.7 Å². The van der Waals surface area contributed by atoms with Gasteiger partial charge in [0.15, 0.2) is 5.78 Å². The Morgan fingerprint density at radius 1 is 0.903 bits per heavy atom. The monoisotopic (exact) mass is 413 g/mol. The van der Waals surface area contributed by atoms with Gasteiger partial charge >= 0.3 is 6.09 Å². The van der Waals surface area contributed by atoms with Crippen molar-refractivity contribution in [3.8, 4) is 0 Å². The summed E-state index contributed by atoms with van der Waals surface area (Å²) >= 11 is 0. The number of benzene rings is 3. The van der Waals surface area contributed by atoms with Gasteiger partial charge in [-0.2, -0.15) is 0 Å². The maximum Gasteiger partial charge on any atom is 0.408 e. The van der Waals surface area contributed by atoms with Crippen molar-refractivity contribution in [2.24, 2.45) is 0 Å². The van der Waals surface area contributed by atoms with E-state index in [9.17, 15) is 9.59 Å². The van der Waals surface area contributed by atoms with Crippen LogP contribution in [0.15, 0.2) is 66.7 Å². The van der Waals surface area contributed by atoms with Crippen molar-refractivity contribution in [3.05, 3.63) is 89.0 Å². The molecule has 0 radical (unpaired) electrons. The highest BCUT2D eigenvalue weighted by Crippen LogP contribution is 2.41. The molecule has 4 rings (SSSR count). The zero-order valence-electron chi connectivity index (χ0n) is 18.3. The Balaban J connectivity index is 1.84. The van der Waals surface area contributed by atoms with Crippen molar-refractivity contribution < 1.29 is 14.3 Å². The van der Waals surface area contributed by atoms with Crippen LogP contribution < -0.4 is 5.32 Å². The first-order valence-corrected chi connectivity index (χ1v) is 10.5. The summed E-state index contributed by atoms with van der Waals surface area (Å²) in [4.78, 5) is 25.5. The second kappa shape index (κ2) is 8.03. The number of Topliss-reactive ketones (excluding diaryl/α,β-unsaturated/α-hetero) is 1. The maximum atomic E-state index is 12.7. The fourth-order valence-electron chi connectivity index (χ4n) is 4.30. The first-order chi connectivity index (χ1) is 14.7. The van der Waals surface area contributed by atoms with Crippen LogP contribution in [-0.4, -0.2) is 17.5 Å². The Morgan fingerprint density at radius 3 is 2.35 bits per heavy atom. The summed E-state index contributed by atoms with van der Waals surface area (Å²) in [5, 5.41) is 5.02. The van der Waals surface area contributed by atoms with Crippen LogP contribution in [0.25, 0.3) is 16.8 Å². The normalized spacial score (nSPS) is 17.8. The third-order valence-electron chi connectivity index (χ3n) is 5.52. The minimum atomic E-state index is -0.600. The number of hydrogen-bond donors (Lipinski definition) is 1. The summed E-state index contributed by atoms with van der Waals surface area (Å²) in [6.45, 7) is 7.13. The summed E-state index contributed by atoms with van der Waals surface area (Å²) in [5.41, 5.74) is 3.05. The second-order valence-corrected chi connectivity index (χ2v) is 8.94. The van der Waals surface area contributed by atoms with Crippen molar-refractivity contribution in [3.63, 3.8) is 0 Å². The van der Waals surface area contributed by atoms with E-state index in [0.717, 1.165) is 27.5 Å². The lowest BCUT2D eigenvalue weighted by molar-refractivity contribution is 0.0499. The van der Waals surface area contributed by atoms with Gasteiger partial charge in [-0.3, -0.25) is 4.79 Å². The Labute approximate surface area is 182 Å². The molecule has 31 heavy (non-hydrogen) atoms. The molecule has 3 aromatic carbocycles. The number of carbonyl (C=O) groups is 2. The zero-order chi connectivity index (χ0) is 22.2. The van der Waals surface area contributed by atoms with Gasteiger partial charge in [-0.1, -0.05) is 72.8 Å². The molecule has 0 heterocycles. The molecular formula is C27H27NO3. The quantitative estimate of drug-likeness (QED) is 0.504. The molecular weight excluding hydrogens is 386 g/mol. The van der Waals surface area contributed by atoms with Gasteiger partial charge in [0, 0.05) is 11.5 Å². The number of amides is 1. The Kier molecular flexibility index (Phi) is 5.40. The van der Waals surface area contributed by atoms with Crippen LogP contribution in [0.1, 0.15) is 66.7 Å². The van der Waals surface area contributed by atoms with Crippen molar-refractivity contribution in [1.82, 2.24) is 5.32 Å². The highest BCUT2D eigenvalue weighted by atomic mass is 16.6. The van der Waals surface area contributed by atoms with Crippen LogP contribution in [0, 0.1) is 0 Å². The van der Waals surface area contributed by atoms with Crippen LogP contribution >= 0.6 is 0 Å². The number of alkyl carbamates (subject to hydrolysis) is 1. The number of fused-ring (bicyclic) bond motifs is 2. The number of ether oxygens (including phenoxy) is 1. The van der Waals surface area contributed by atoms with E-state index in [1.54, 1.807) is 6.92 Å². The molecule has 3 aromatic rings. The smallest absolute Gasteiger partial charge is 0.408 e. The predicted octanol–water partition coefficient (Wildman–Crippen LogP) is 6.42. The molecule has 0 spiro atoms. The van der Waals surface area contributed by atoms with Crippen LogP contribution in [-0.2, 0) is 4.74 Å². The number of ketones is 1. The highest BCUT2D eigenvalue weighted by molar-refractivity contribution is 6.08. The Bertz CT molecular complexity index is 1190. The minimum Gasteiger partial charge on any atom is -0.444 e. The molecule has 1 amide bonds. The standard InChI is InChI=1S/C27H27NO3/c1-17(29)24-20-11-7-5-9-18(20)13-15-22(24)23-16-14-19-10-6-8-12-21(19)25(23)28-26(30)31-27(2,3)4/h5-16,23,25H,1-4H3,(H,28,30)/t23?,25-/m1/s1. The molecule has 0 saturated carbocycles. The molecule has 4 nitrogen and oxygen atoms in total. The molecule has 0 aromatic heterocycles. The summed E-state index contributed by atoms with van der Waals surface area (Å²) in [6.07, 6.45) is 3.66. The lowest BCUT2D eigenvalue weighted by Crippen LogP contribution is -2.38.